The van der Waals surface area contributed by atoms with E-state index in [0.29, 0.717) is 18.9 Å². The number of rotatable bonds is 5. The Kier molecular flexibility index (Phi) is 6.30. The third-order valence-electron chi connectivity index (χ3n) is 1.83. The molecular weight excluding hydrogens is 218 g/mol. The number of hydrogen-bond acceptors (Lipinski definition) is 3. The minimum absolute atomic E-state index is 0.212. The number of amides is 1. The topological polar surface area (TPSA) is 47.6 Å². The van der Waals surface area contributed by atoms with E-state index in [-0.39, 0.29) is 6.61 Å². The summed E-state index contributed by atoms with van der Waals surface area (Å²) in [6.07, 6.45) is -0.485. The molecule has 0 aliphatic carbocycles. The number of hydrogen-bond donors (Lipinski definition) is 1. The van der Waals surface area contributed by atoms with Crippen molar-refractivity contribution in [3.8, 4) is 11.8 Å². The number of ether oxygens (including phenoxy) is 2. The molecule has 0 unspecified atom stereocenters. The Bertz CT molecular complexity index is 392. The molecule has 0 radical (unpaired) electrons. The van der Waals surface area contributed by atoms with Crippen LogP contribution in [0, 0.1) is 11.8 Å². The van der Waals surface area contributed by atoms with Crippen molar-refractivity contribution >= 4 is 11.8 Å². The Balaban J connectivity index is 2.11. The lowest BCUT2D eigenvalue weighted by atomic mass is 10.3. The summed E-state index contributed by atoms with van der Waals surface area (Å²) in [5, 5.41) is 2.60. The van der Waals surface area contributed by atoms with Gasteiger partial charge in [-0.25, -0.2) is 4.79 Å². The predicted octanol–water partition coefficient (Wildman–Crippen LogP) is 2.28. The van der Waals surface area contributed by atoms with Crippen molar-refractivity contribution in [3.63, 3.8) is 0 Å². The summed E-state index contributed by atoms with van der Waals surface area (Å²) < 4.78 is 10.00. The van der Waals surface area contributed by atoms with E-state index in [0.717, 1.165) is 0 Å². The highest BCUT2D eigenvalue weighted by Gasteiger charge is 2.01. The molecule has 17 heavy (non-hydrogen) atoms. The number of para-hydroxylation sites is 1. The Hall–Kier alpha value is -1.99. The van der Waals surface area contributed by atoms with Crippen molar-refractivity contribution in [2.75, 3.05) is 25.1 Å². The normalized spacial score (nSPS) is 9.00. The maximum Gasteiger partial charge on any atom is 0.411 e. The number of anilines is 1. The maximum atomic E-state index is 11.3. The van der Waals surface area contributed by atoms with Gasteiger partial charge in [0.05, 0.1) is 6.61 Å². The van der Waals surface area contributed by atoms with Gasteiger partial charge in [0.15, 0.2) is 0 Å². The van der Waals surface area contributed by atoms with Gasteiger partial charge in [0.2, 0.25) is 0 Å². The first-order valence-corrected chi connectivity index (χ1v) is 5.29. The first-order valence-electron chi connectivity index (χ1n) is 5.29. The summed E-state index contributed by atoms with van der Waals surface area (Å²) >= 11 is 0. The van der Waals surface area contributed by atoms with E-state index in [9.17, 15) is 4.79 Å². The van der Waals surface area contributed by atoms with Crippen molar-refractivity contribution in [1.29, 1.82) is 0 Å². The molecular formula is C13H15NO3. The minimum atomic E-state index is -0.485. The average molecular weight is 233 g/mol. The Labute approximate surface area is 101 Å². The fourth-order valence-electron chi connectivity index (χ4n) is 1.06. The van der Waals surface area contributed by atoms with E-state index < -0.39 is 6.09 Å². The zero-order valence-electron chi connectivity index (χ0n) is 9.73. The summed E-state index contributed by atoms with van der Waals surface area (Å²) in [6.45, 7) is 2.66. The van der Waals surface area contributed by atoms with Crippen molar-refractivity contribution in [3.05, 3.63) is 30.3 Å². The molecule has 1 amide bonds. The SMILES string of the molecule is CC#CCOCCOC(=O)Nc1ccccc1. The van der Waals surface area contributed by atoms with Crippen molar-refractivity contribution in [2.45, 2.75) is 6.92 Å². The minimum Gasteiger partial charge on any atom is -0.447 e. The molecule has 0 aromatic heterocycles. The second-order valence-electron chi connectivity index (χ2n) is 3.11. The molecule has 0 aliphatic heterocycles. The van der Waals surface area contributed by atoms with Gasteiger partial charge in [0.1, 0.15) is 13.2 Å². The Morgan fingerprint density at radius 3 is 2.76 bits per heavy atom. The fourth-order valence-corrected chi connectivity index (χ4v) is 1.06. The van der Waals surface area contributed by atoms with Gasteiger partial charge in [-0.1, -0.05) is 24.1 Å². The van der Waals surface area contributed by atoms with E-state index in [1.165, 1.54) is 0 Å². The lowest BCUT2D eigenvalue weighted by molar-refractivity contribution is 0.0943. The van der Waals surface area contributed by atoms with Crippen LogP contribution in [0.1, 0.15) is 6.92 Å². The Morgan fingerprint density at radius 2 is 2.06 bits per heavy atom. The predicted molar refractivity (Wildman–Crippen MR) is 65.7 cm³/mol. The molecule has 1 aromatic rings. The van der Waals surface area contributed by atoms with Gasteiger partial charge in [-0.05, 0) is 19.1 Å². The van der Waals surface area contributed by atoms with Gasteiger partial charge in [-0.2, -0.15) is 0 Å². The van der Waals surface area contributed by atoms with Crippen LogP contribution in [0.3, 0.4) is 0 Å². The van der Waals surface area contributed by atoms with Crippen LogP contribution in [0.25, 0.3) is 0 Å². The molecule has 1 aromatic carbocycles. The molecule has 0 atom stereocenters. The summed E-state index contributed by atoms with van der Waals surface area (Å²) in [7, 11) is 0. The standard InChI is InChI=1S/C13H15NO3/c1-2-3-9-16-10-11-17-13(15)14-12-7-5-4-6-8-12/h4-8H,9-11H2,1H3,(H,14,15). The molecule has 0 fully saturated rings. The molecule has 4 nitrogen and oxygen atoms in total. The van der Waals surface area contributed by atoms with Gasteiger partial charge in [0.25, 0.3) is 0 Å². The molecule has 0 bridgehead atoms. The highest BCUT2D eigenvalue weighted by molar-refractivity contribution is 5.84. The second kappa shape index (κ2) is 8.20. The molecule has 0 spiro atoms. The lowest BCUT2D eigenvalue weighted by Crippen LogP contribution is -2.16. The maximum absolute atomic E-state index is 11.3. The summed E-state index contributed by atoms with van der Waals surface area (Å²) in [4.78, 5) is 11.3. The largest absolute Gasteiger partial charge is 0.447 e. The van der Waals surface area contributed by atoms with Gasteiger partial charge < -0.3 is 9.47 Å². The zero-order valence-corrected chi connectivity index (χ0v) is 9.73. The first kappa shape index (κ1) is 13.1. The molecule has 0 heterocycles. The van der Waals surface area contributed by atoms with Crippen LogP contribution >= 0.6 is 0 Å². The van der Waals surface area contributed by atoms with Crippen LogP contribution in [-0.2, 0) is 9.47 Å². The lowest BCUT2D eigenvalue weighted by Gasteiger charge is -2.06. The average Bonchev–Trinajstić information content (AvgIpc) is 2.35. The Morgan fingerprint density at radius 1 is 1.29 bits per heavy atom. The first-order chi connectivity index (χ1) is 8.33. The molecule has 0 saturated heterocycles. The summed E-state index contributed by atoms with van der Waals surface area (Å²) in [5.41, 5.74) is 0.704. The van der Waals surface area contributed by atoms with Crippen LogP contribution in [0.15, 0.2) is 30.3 Å². The molecule has 0 saturated carbocycles. The van der Waals surface area contributed by atoms with Gasteiger partial charge in [-0.15, -0.1) is 5.92 Å². The summed E-state index contributed by atoms with van der Waals surface area (Å²) in [5.74, 6) is 5.45. The van der Waals surface area contributed by atoms with E-state index in [1.807, 2.05) is 18.2 Å². The fraction of sp³-hybridized carbons (Fsp3) is 0.308. The van der Waals surface area contributed by atoms with Gasteiger partial charge in [0, 0.05) is 5.69 Å². The number of carbonyl (C=O) groups is 1. The van der Waals surface area contributed by atoms with Crippen molar-refractivity contribution in [2.24, 2.45) is 0 Å². The van der Waals surface area contributed by atoms with Crippen LogP contribution in [0.5, 0.6) is 0 Å². The van der Waals surface area contributed by atoms with E-state index in [2.05, 4.69) is 17.2 Å². The molecule has 90 valence electrons. The van der Waals surface area contributed by atoms with E-state index in [4.69, 9.17) is 9.47 Å². The molecule has 0 aliphatic rings. The smallest absolute Gasteiger partial charge is 0.411 e. The third-order valence-corrected chi connectivity index (χ3v) is 1.83. The van der Waals surface area contributed by atoms with Crippen LogP contribution < -0.4 is 5.32 Å². The van der Waals surface area contributed by atoms with E-state index >= 15 is 0 Å². The van der Waals surface area contributed by atoms with Gasteiger partial charge in [-0.3, -0.25) is 5.32 Å². The number of benzene rings is 1. The monoisotopic (exact) mass is 233 g/mol. The van der Waals surface area contributed by atoms with Crippen LogP contribution in [0.2, 0.25) is 0 Å². The molecule has 4 heteroatoms. The summed E-state index contributed by atoms with van der Waals surface area (Å²) in [6, 6.07) is 9.12. The van der Waals surface area contributed by atoms with Crippen LogP contribution in [0.4, 0.5) is 10.5 Å². The highest BCUT2D eigenvalue weighted by atomic mass is 16.6. The number of carbonyl (C=O) groups excluding carboxylic acids is 1. The molecule has 1 N–H and O–H groups in total. The highest BCUT2D eigenvalue weighted by Crippen LogP contribution is 2.04. The van der Waals surface area contributed by atoms with Crippen molar-refractivity contribution in [1.82, 2.24) is 0 Å². The number of nitrogens with one attached hydrogen (secondary N) is 1. The van der Waals surface area contributed by atoms with Crippen molar-refractivity contribution < 1.29 is 14.3 Å². The third kappa shape index (κ3) is 6.23. The molecule has 1 rings (SSSR count). The second-order valence-corrected chi connectivity index (χ2v) is 3.11. The van der Waals surface area contributed by atoms with E-state index in [1.54, 1.807) is 19.1 Å². The zero-order chi connectivity index (χ0) is 12.3. The van der Waals surface area contributed by atoms with Crippen LogP contribution in [-0.4, -0.2) is 25.9 Å². The quantitative estimate of drug-likeness (QED) is 0.627. The van der Waals surface area contributed by atoms with Gasteiger partial charge >= 0.3 is 6.09 Å².